The summed E-state index contributed by atoms with van der Waals surface area (Å²) in [5, 5.41) is 7.84. The number of fused-ring (bicyclic) bond motifs is 17. The Bertz CT molecular complexity index is 4470. The first kappa shape index (κ1) is 38.7. The molecule has 0 spiro atoms. The number of nitrogens with zero attached hydrogens (tertiary/aromatic N) is 3. The molecule has 73 heavy (non-hydrogen) atoms. The van der Waals surface area contributed by atoms with Gasteiger partial charge in [-0.25, -0.2) is 0 Å². The van der Waals surface area contributed by atoms with Gasteiger partial charge in [0.2, 0.25) is 13.4 Å². The minimum Gasteiger partial charge on any atom is -0.310 e. The zero-order valence-corrected chi connectivity index (χ0v) is 39.7. The summed E-state index contributed by atoms with van der Waals surface area (Å²) in [6, 6.07) is 90.6. The Kier molecular flexibility index (Phi) is 7.35. The molecule has 4 aliphatic heterocycles. The lowest BCUT2D eigenvalue weighted by atomic mass is 9.31. The summed E-state index contributed by atoms with van der Waals surface area (Å²) in [6.45, 7) is 0.0992. The highest BCUT2D eigenvalue weighted by Gasteiger charge is 2.45. The molecular formula is C68H41B2N3. The normalized spacial score (nSPS) is 15.6. The van der Waals surface area contributed by atoms with Crippen LogP contribution in [0.1, 0.15) is 45.2 Å². The third-order valence-corrected chi connectivity index (χ3v) is 17.7. The van der Waals surface area contributed by atoms with Gasteiger partial charge in [-0.1, -0.05) is 199 Å². The molecule has 18 rings (SSSR count). The monoisotopic (exact) mass is 921 g/mol. The van der Waals surface area contributed by atoms with E-state index >= 15 is 0 Å². The standard InChI is InChI=1S/C68H41B2N3/c1-4-18-40(19-5-1)63-47-28-16-34-59-65(47)69(53-30-14-26-45-43-24-10-12-32-57(43)72(59)67(45)53)55-36-49-50-37-56-52(39-62(50)71(61(49)38-51(55)63)42-22-8-3-9-23-42)64(41-20-6-2-7-21-41)48-29-17-35-60-66(48)70(56)54-31-15-27-46-44-25-11-13-33-58(44)73(60)68(46)54/h1-39,63-64H. The van der Waals surface area contributed by atoms with Crippen LogP contribution in [0.2, 0.25) is 0 Å². The zero-order valence-electron chi connectivity index (χ0n) is 39.7. The lowest BCUT2D eigenvalue weighted by Gasteiger charge is -2.38. The first-order chi connectivity index (χ1) is 36.3. The van der Waals surface area contributed by atoms with Crippen molar-refractivity contribution in [2.45, 2.75) is 11.8 Å². The summed E-state index contributed by atoms with van der Waals surface area (Å²) < 4.78 is 7.74. The molecule has 14 aromatic rings. The fourth-order valence-electron chi connectivity index (χ4n) is 15.0. The van der Waals surface area contributed by atoms with Gasteiger partial charge in [0.25, 0.3) is 0 Å². The summed E-state index contributed by atoms with van der Waals surface area (Å²) in [6.07, 6.45) is 0. The van der Waals surface area contributed by atoms with Crippen molar-refractivity contribution in [3.05, 3.63) is 270 Å². The largest absolute Gasteiger partial charge is 0.310 e. The van der Waals surface area contributed by atoms with Crippen LogP contribution in [0.25, 0.3) is 82.5 Å². The van der Waals surface area contributed by atoms with Crippen LogP contribution in [0.15, 0.2) is 237 Å². The lowest BCUT2D eigenvalue weighted by molar-refractivity contribution is 0.978. The van der Waals surface area contributed by atoms with Crippen molar-refractivity contribution in [2.75, 3.05) is 0 Å². The van der Waals surface area contributed by atoms with Crippen molar-refractivity contribution < 1.29 is 0 Å². The SMILES string of the molecule is c1ccc(C2c3cc4c(cc3B3c5c2cccc5-n2c5ccccc5c5cccc3c52)c2cc3c(cc2n4-c2ccccc2)C(c2ccccc2)c2cccc4c2B3c2cccc3c5ccccc5n-4c23)cc1. The van der Waals surface area contributed by atoms with Crippen molar-refractivity contribution in [2.24, 2.45) is 0 Å². The maximum atomic E-state index is 2.65. The molecule has 5 heteroatoms. The molecule has 2 atom stereocenters. The molecule has 0 amide bonds. The highest BCUT2D eigenvalue weighted by Crippen LogP contribution is 2.45. The number of rotatable bonds is 3. The lowest BCUT2D eigenvalue weighted by Crippen LogP contribution is -2.61. The van der Waals surface area contributed by atoms with Crippen LogP contribution in [-0.4, -0.2) is 27.1 Å². The molecule has 334 valence electrons. The van der Waals surface area contributed by atoms with E-state index in [9.17, 15) is 0 Å². The summed E-state index contributed by atoms with van der Waals surface area (Å²) in [5.41, 5.74) is 28.0. The number of benzene rings is 11. The first-order valence-electron chi connectivity index (χ1n) is 25.9. The molecule has 2 unspecified atom stereocenters. The van der Waals surface area contributed by atoms with E-state index in [4.69, 9.17) is 0 Å². The molecule has 0 radical (unpaired) electrons. The van der Waals surface area contributed by atoms with Crippen LogP contribution in [0.3, 0.4) is 0 Å². The highest BCUT2D eigenvalue weighted by molar-refractivity contribution is 7.00. The van der Waals surface area contributed by atoms with E-state index < -0.39 is 0 Å². The molecule has 0 fully saturated rings. The molecule has 0 N–H and O–H groups in total. The second-order valence-electron chi connectivity index (χ2n) is 21.0. The summed E-state index contributed by atoms with van der Waals surface area (Å²) in [4.78, 5) is 0. The Morgan fingerprint density at radius 3 is 1.16 bits per heavy atom. The molecule has 0 aliphatic carbocycles. The quantitative estimate of drug-likeness (QED) is 0.157. The zero-order chi connectivity index (χ0) is 47.2. The maximum Gasteiger partial charge on any atom is 0.247 e. The Morgan fingerprint density at radius 1 is 0.274 bits per heavy atom. The van der Waals surface area contributed by atoms with Gasteiger partial charge >= 0.3 is 0 Å². The smallest absolute Gasteiger partial charge is 0.247 e. The van der Waals surface area contributed by atoms with Crippen molar-refractivity contribution >= 4 is 112 Å². The number of hydrogen-bond acceptors (Lipinski definition) is 0. The summed E-state index contributed by atoms with van der Waals surface area (Å²) in [5.74, 6) is 0.0735. The van der Waals surface area contributed by atoms with Gasteiger partial charge in [0.15, 0.2) is 0 Å². The van der Waals surface area contributed by atoms with Gasteiger partial charge in [-0.2, -0.15) is 0 Å². The first-order valence-corrected chi connectivity index (χ1v) is 25.9. The Hall–Kier alpha value is -9.05. The van der Waals surface area contributed by atoms with E-state index in [1.807, 2.05) is 0 Å². The average Bonchev–Trinajstić information content (AvgIpc) is 4.11. The Balaban J connectivity index is 0.996. The van der Waals surface area contributed by atoms with Crippen LogP contribution in [-0.2, 0) is 0 Å². The van der Waals surface area contributed by atoms with E-state index in [1.54, 1.807) is 0 Å². The molecule has 0 bridgehead atoms. The van der Waals surface area contributed by atoms with E-state index in [1.165, 1.54) is 149 Å². The van der Waals surface area contributed by atoms with Crippen molar-refractivity contribution in [1.82, 2.24) is 13.7 Å². The summed E-state index contributed by atoms with van der Waals surface area (Å²) >= 11 is 0. The van der Waals surface area contributed by atoms with Crippen LogP contribution < -0.4 is 32.8 Å². The maximum absolute atomic E-state index is 2.65. The molecule has 0 saturated heterocycles. The van der Waals surface area contributed by atoms with Gasteiger partial charge in [0, 0.05) is 72.2 Å². The number of aromatic nitrogens is 3. The number of para-hydroxylation sites is 5. The summed E-state index contributed by atoms with van der Waals surface area (Å²) in [7, 11) is 0. The minimum absolute atomic E-state index is 0.0367. The van der Waals surface area contributed by atoms with Crippen molar-refractivity contribution in [3.8, 4) is 17.1 Å². The third kappa shape index (κ3) is 4.79. The molecule has 4 aliphatic rings. The van der Waals surface area contributed by atoms with Gasteiger partial charge in [0.1, 0.15) is 0 Å². The van der Waals surface area contributed by atoms with Gasteiger partial charge in [-0.15, -0.1) is 0 Å². The van der Waals surface area contributed by atoms with Gasteiger partial charge < -0.3 is 13.7 Å². The molecular weight excluding hydrogens is 880 g/mol. The second kappa shape index (κ2) is 13.9. The van der Waals surface area contributed by atoms with E-state index in [0.717, 1.165) is 0 Å². The molecule has 3 nitrogen and oxygen atoms in total. The molecule has 11 aromatic carbocycles. The van der Waals surface area contributed by atoms with Crippen LogP contribution in [0, 0.1) is 0 Å². The predicted octanol–water partition coefficient (Wildman–Crippen LogP) is 11.6. The van der Waals surface area contributed by atoms with Gasteiger partial charge in [0.05, 0.1) is 22.1 Å². The Morgan fingerprint density at radius 2 is 0.685 bits per heavy atom. The number of hydrogen-bond donors (Lipinski definition) is 0. The van der Waals surface area contributed by atoms with Crippen LogP contribution >= 0.6 is 0 Å². The molecule has 3 aromatic heterocycles. The highest BCUT2D eigenvalue weighted by atomic mass is 15.0. The van der Waals surface area contributed by atoms with E-state index in [-0.39, 0.29) is 25.3 Å². The second-order valence-corrected chi connectivity index (χ2v) is 21.0. The average molecular weight is 922 g/mol. The van der Waals surface area contributed by atoms with Gasteiger partial charge in [-0.05, 0) is 104 Å². The van der Waals surface area contributed by atoms with E-state index in [2.05, 4.69) is 250 Å². The minimum atomic E-state index is 0.0367. The van der Waals surface area contributed by atoms with Crippen molar-refractivity contribution in [1.29, 1.82) is 0 Å². The molecule has 0 saturated carbocycles. The Labute approximate surface area is 422 Å². The third-order valence-electron chi connectivity index (χ3n) is 17.7. The van der Waals surface area contributed by atoms with E-state index in [0.29, 0.717) is 0 Å². The molecule has 7 heterocycles. The topological polar surface area (TPSA) is 14.8 Å². The predicted molar refractivity (Wildman–Crippen MR) is 306 cm³/mol. The van der Waals surface area contributed by atoms with Crippen LogP contribution in [0.4, 0.5) is 0 Å². The van der Waals surface area contributed by atoms with Gasteiger partial charge in [-0.3, -0.25) is 0 Å². The van der Waals surface area contributed by atoms with Crippen LogP contribution in [0.5, 0.6) is 0 Å². The van der Waals surface area contributed by atoms with Crippen molar-refractivity contribution in [3.63, 3.8) is 0 Å². The fraction of sp³-hybridized carbons (Fsp3) is 0.0294. The fourth-order valence-corrected chi connectivity index (χ4v) is 15.0.